The van der Waals surface area contributed by atoms with Crippen LogP contribution in [0.3, 0.4) is 0 Å². The minimum absolute atomic E-state index is 0.0285. The third-order valence-corrected chi connectivity index (χ3v) is 2.51. The van der Waals surface area contributed by atoms with Crippen molar-refractivity contribution in [3.8, 4) is 0 Å². The third kappa shape index (κ3) is 4.79. The fourth-order valence-electron chi connectivity index (χ4n) is 1.81. The van der Waals surface area contributed by atoms with Crippen LogP contribution in [0.25, 0.3) is 0 Å². The average molecular weight is 257 g/mol. The summed E-state index contributed by atoms with van der Waals surface area (Å²) in [5, 5.41) is 8.77. The number of halogens is 2. The molecular formula is C13H17F2NO2. The smallest absolute Gasteiger partial charge is 0.317 e. The van der Waals surface area contributed by atoms with E-state index in [4.69, 9.17) is 5.11 Å². The zero-order chi connectivity index (χ0) is 13.5. The van der Waals surface area contributed by atoms with Crippen LogP contribution in [0.2, 0.25) is 0 Å². The van der Waals surface area contributed by atoms with E-state index in [2.05, 4.69) is 0 Å². The van der Waals surface area contributed by atoms with Crippen molar-refractivity contribution < 1.29 is 18.7 Å². The van der Waals surface area contributed by atoms with E-state index < -0.39 is 12.4 Å². The summed E-state index contributed by atoms with van der Waals surface area (Å²) in [4.78, 5) is 12.4. The van der Waals surface area contributed by atoms with Crippen LogP contribution in [-0.2, 0) is 11.3 Å². The van der Waals surface area contributed by atoms with Gasteiger partial charge in [0, 0.05) is 12.1 Å². The van der Waals surface area contributed by atoms with Crippen LogP contribution in [0.5, 0.6) is 0 Å². The van der Waals surface area contributed by atoms with E-state index in [1.165, 1.54) is 12.1 Å². The number of carbonyl (C=O) groups is 1. The highest BCUT2D eigenvalue weighted by Gasteiger charge is 2.11. The number of carboxylic acids is 1. The summed E-state index contributed by atoms with van der Waals surface area (Å²) in [5.41, 5.74) is 0.682. The van der Waals surface area contributed by atoms with Crippen molar-refractivity contribution in [2.45, 2.75) is 26.3 Å². The predicted molar refractivity (Wildman–Crippen MR) is 64.6 cm³/mol. The molecule has 0 aromatic heterocycles. The summed E-state index contributed by atoms with van der Waals surface area (Å²) in [6, 6.07) is 6.10. The average Bonchev–Trinajstić information content (AvgIpc) is 2.28. The lowest BCUT2D eigenvalue weighted by Crippen LogP contribution is -2.30. The third-order valence-electron chi connectivity index (χ3n) is 2.51. The predicted octanol–water partition coefficient (Wildman–Crippen LogP) is 2.92. The number of rotatable bonds is 7. The topological polar surface area (TPSA) is 40.5 Å². The molecule has 100 valence electrons. The van der Waals surface area contributed by atoms with Crippen LogP contribution < -0.4 is 0 Å². The molecule has 0 amide bonds. The Morgan fingerprint density at radius 2 is 2.17 bits per heavy atom. The second kappa shape index (κ2) is 7.06. The van der Waals surface area contributed by atoms with Gasteiger partial charge >= 0.3 is 5.97 Å². The standard InChI is InChI=1S/C13H17F2NO2/c1-2-6-16(9-12(17)18)8-10-4-3-5-11(7-10)13(14)15/h3-5,7,13H,2,6,8-9H2,1H3,(H,17,18). The maximum absolute atomic E-state index is 12.5. The normalized spacial score (nSPS) is 11.2. The molecule has 0 unspecified atom stereocenters. The van der Waals surface area contributed by atoms with E-state index in [1.807, 2.05) is 6.92 Å². The molecule has 0 fully saturated rings. The highest BCUT2D eigenvalue weighted by atomic mass is 19.3. The number of hydrogen-bond acceptors (Lipinski definition) is 2. The minimum Gasteiger partial charge on any atom is -0.480 e. The Kier molecular flexibility index (Phi) is 5.71. The summed E-state index contributed by atoms with van der Waals surface area (Å²) < 4.78 is 25.1. The molecule has 1 aromatic rings. The van der Waals surface area contributed by atoms with Crippen molar-refractivity contribution in [1.29, 1.82) is 0 Å². The lowest BCUT2D eigenvalue weighted by atomic mass is 10.1. The lowest BCUT2D eigenvalue weighted by Gasteiger charge is -2.19. The summed E-state index contributed by atoms with van der Waals surface area (Å²) >= 11 is 0. The summed E-state index contributed by atoms with van der Waals surface area (Å²) in [6.45, 7) is 2.88. The molecule has 0 saturated carbocycles. The molecular weight excluding hydrogens is 240 g/mol. The number of carboxylic acid groups (broad SMARTS) is 1. The van der Waals surface area contributed by atoms with Gasteiger partial charge in [-0.1, -0.05) is 25.1 Å². The molecule has 0 bridgehead atoms. The van der Waals surface area contributed by atoms with Crippen LogP contribution in [0.1, 0.15) is 30.9 Å². The second-order valence-corrected chi connectivity index (χ2v) is 4.15. The fraction of sp³-hybridized carbons (Fsp3) is 0.462. The first-order valence-electron chi connectivity index (χ1n) is 5.84. The van der Waals surface area contributed by atoms with Crippen molar-refractivity contribution >= 4 is 5.97 Å². The van der Waals surface area contributed by atoms with Crippen LogP contribution >= 0.6 is 0 Å². The van der Waals surface area contributed by atoms with Gasteiger partial charge in [0.2, 0.25) is 0 Å². The van der Waals surface area contributed by atoms with Crippen LogP contribution in [0, 0.1) is 0 Å². The fourth-order valence-corrected chi connectivity index (χ4v) is 1.81. The first kappa shape index (κ1) is 14.6. The molecule has 0 spiro atoms. The molecule has 0 aliphatic rings. The number of hydrogen-bond donors (Lipinski definition) is 1. The zero-order valence-electron chi connectivity index (χ0n) is 10.3. The number of aliphatic carboxylic acids is 1. The van der Waals surface area contributed by atoms with Gasteiger partial charge in [-0.2, -0.15) is 0 Å². The van der Waals surface area contributed by atoms with Crippen molar-refractivity contribution in [2.24, 2.45) is 0 Å². The van der Waals surface area contributed by atoms with Crippen LogP contribution in [0.4, 0.5) is 8.78 Å². The van der Waals surface area contributed by atoms with Crippen LogP contribution in [-0.4, -0.2) is 29.1 Å². The zero-order valence-corrected chi connectivity index (χ0v) is 10.3. The van der Waals surface area contributed by atoms with E-state index in [0.29, 0.717) is 18.7 Å². The SMILES string of the molecule is CCCN(CC(=O)O)Cc1cccc(C(F)F)c1. The Balaban J connectivity index is 2.73. The Hall–Kier alpha value is -1.49. The monoisotopic (exact) mass is 257 g/mol. The summed E-state index contributed by atoms with van der Waals surface area (Å²) in [5.74, 6) is -0.909. The number of alkyl halides is 2. The minimum atomic E-state index is -2.50. The first-order chi connectivity index (χ1) is 8.52. The molecule has 1 N–H and O–H groups in total. The summed E-state index contributed by atoms with van der Waals surface area (Å²) in [6.07, 6.45) is -1.68. The molecule has 18 heavy (non-hydrogen) atoms. The molecule has 5 heteroatoms. The van der Waals surface area contributed by atoms with Crippen molar-refractivity contribution in [1.82, 2.24) is 4.90 Å². The van der Waals surface area contributed by atoms with E-state index >= 15 is 0 Å². The van der Waals surface area contributed by atoms with Crippen molar-refractivity contribution in [3.05, 3.63) is 35.4 Å². The largest absolute Gasteiger partial charge is 0.480 e. The van der Waals surface area contributed by atoms with Crippen molar-refractivity contribution in [3.63, 3.8) is 0 Å². The second-order valence-electron chi connectivity index (χ2n) is 4.15. The molecule has 0 aliphatic carbocycles. The molecule has 1 aromatic carbocycles. The maximum Gasteiger partial charge on any atom is 0.317 e. The van der Waals surface area contributed by atoms with E-state index in [-0.39, 0.29) is 12.1 Å². The van der Waals surface area contributed by atoms with E-state index in [0.717, 1.165) is 6.42 Å². The van der Waals surface area contributed by atoms with Crippen LogP contribution in [0.15, 0.2) is 24.3 Å². The number of benzene rings is 1. The van der Waals surface area contributed by atoms with Crippen molar-refractivity contribution in [2.75, 3.05) is 13.1 Å². The molecule has 1 rings (SSSR count). The highest BCUT2D eigenvalue weighted by molar-refractivity contribution is 5.69. The molecule has 3 nitrogen and oxygen atoms in total. The molecule has 0 saturated heterocycles. The van der Waals surface area contributed by atoms with Gasteiger partial charge in [-0.25, -0.2) is 8.78 Å². The van der Waals surface area contributed by atoms with Gasteiger partial charge in [0.05, 0.1) is 6.54 Å². The quantitative estimate of drug-likeness (QED) is 0.816. The molecule has 0 radical (unpaired) electrons. The molecule has 0 aliphatic heterocycles. The van der Waals surface area contributed by atoms with Gasteiger partial charge in [0.1, 0.15) is 0 Å². The lowest BCUT2D eigenvalue weighted by molar-refractivity contribution is -0.138. The van der Waals surface area contributed by atoms with E-state index in [9.17, 15) is 13.6 Å². The Morgan fingerprint density at radius 3 is 2.72 bits per heavy atom. The Morgan fingerprint density at radius 1 is 1.44 bits per heavy atom. The number of nitrogens with zero attached hydrogens (tertiary/aromatic N) is 1. The molecule has 0 heterocycles. The van der Waals surface area contributed by atoms with Gasteiger partial charge in [0.25, 0.3) is 6.43 Å². The Labute approximate surface area is 105 Å². The van der Waals surface area contributed by atoms with Gasteiger partial charge in [0.15, 0.2) is 0 Å². The van der Waals surface area contributed by atoms with Gasteiger partial charge < -0.3 is 5.11 Å². The Bertz CT molecular complexity index is 396. The maximum atomic E-state index is 12.5. The van der Waals surface area contributed by atoms with Gasteiger partial charge in [-0.15, -0.1) is 0 Å². The van der Waals surface area contributed by atoms with Gasteiger partial charge in [-0.05, 0) is 24.6 Å². The first-order valence-corrected chi connectivity index (χ1v) is 5.84. The molecule has 0 atom stereocenters. The highest BCUT2D eigenvalue weighted by Crippen LogP contribution is 2.20. The summed E-state index contributed by atoms with van der Waals surface area (Å²) in [7, 11) is 0. The van der Waals surface area contributed by atoms with E-state index in [1.54, 1.807) is 17.0 Å². The van der Waals surface area contributed by atoms with Gasteiger partial charge in [-0.3, -0.25) is 9.69 Å².